The molecule has 1 aliphatic rings. The molecule has 1 aliphatic heterocycles. The molecule has 2 aromatic carbocycles. The van der Waals surface area contributed by atoms with E-state index < -0.39 is 10.1 Å². The fourth-order valence-electron chi connectivity index (χ4n) is 4.10. The van der Waals surface area contributed by atoms with E-state index in [0.717, 1.165) is 30.8 Å². The lowest BCUT2D eigenvalue weighted by atomic mass is 10.0. The Bertz CT molecular complexity index is 1190. The molecule has 7 nitrogen and oxygen atoms in total. The van der Waals surface area contributed by atoms with Crippen molar-refractivity contribution in [2.75, 3.05) is 26.7 Å². The van der Waals surface area contributed by atoms with Gasteiger partial charge in [-0.1, -0.05) is 29.8 Å². The third-order valence-electron chi connectivity index (χ3n) is 5.44. The van der Waals surface area contributed by atoms with Crippen molar-refractivity contribution in [2.24, 2.45) is 0 Å². The minimum Gasteiger partial charge on any atom is -0.468 e. The molecule has 0 aliphatic carbocycles. The van der Waals surface area contributed by atoms with Gasteiger partial charge in [-0.05, 0) is 31.5 Å². The normalized spacial score (nSPS) is 18.1. The monoisotopic (exact) mass is 430 g/mol. The number of nitrogens with one attached hydrogen (secondary N) is 1. The summed E-state index contributed by atoms with van der Waals surface area (Å²) in [6.07, 6.45) is 0. The molecule has 2 N–H and O–H groups in total. The summed E-state index contributed by atoms with van der Waals surface area (Å²) in [5.41, 5.74) is 3.87. The van der Waals surface area contributed by atoms with Crippen LogP contribution in [0.1, 0.15) is 18.1 Å². The van der Waals surface area contributed by atoms with Crippen LogP contribution in [-0.4, -0.2) is 50.7 Å². The highest BCUT2D eigenvalue weighted by Gasteiger charge is 2.25. The Morgan fingerprint density at radius 3 is 2.77 bits per heavy atom. The predicted octanol–water partition coefficient (Wildman–Crippen LogP) is 3.46. The second-order valence-electron chi connectivity index (χ2n) is 7.86. The lowest BCUT2D eigenvalue weighted by molar-refractivity contribution is 0.199. The van der Waals surface area contributed by atoms with Crippen LogP contribution in [0.25, 0.3) is 22.1 Å². The van der Waals surface area contributed by atoms with Gasteiger partial charge in [0.15, 0.2) is 0 Å². The highest BCUT2D eigenvalue weighted by atomic mass is 32.2. The van der Waals surface area contributed by atoms with Gasteiger partial charge in [0.2, 0.25) is 0 Å². The van der Waals surface area contributed by atoms with E-state index >= 15 is 0 Å². The van der Waals surface area contributed by atoms with Gasteiger partial charge in [-0.15, -0.1) is 0 Å². The average molecular weight is 431 g/mol. The zero-order valence-electron chi connectivity index (χ0n) is 17.3. The molecule has 0 spiro atoms. The third kappa shape index (κ3) is 4.09. The number of hydrogen-bond acceptors (Lipinski definition) is 6. The summed E-state index contributed by atoms with van der Waals surface area (Å²) in [6, 6.07) is 11.1. The van der Waals surface area contributed by atoms with Crippen molar-refractivity contribution >= 4 is 21.1 Å². The zero-order chi connectivity index (χ0) is 21.5. The van der Waals surface area contributed by atoms with Crippen molar-refractivity contribution in [1.82, 2.24) is 10.2 Å². The topological polar surface area (TPSA) is 92.0 Å². The lowest BCUT2D eigenvalue weighted by Gasteiger charge is -2.31. The number of benzene rings is 2. The number of methoxy groups -OCH3 is 1. The number of hydrogen-bond donors (Lipinski definition) is 2. The maximum Gasteiger partial charge on any atom is 0.294 e. The molecule has 2 heterocycles. The molecule has 0 bridgehead atoms. The van der Waals surface area contributed by atoms with Crippen LogP contribution >= 0.6 is 0 Å². The van der Waals surface area contributed by atoms with Crippen LogP contribution in [0.2, 0.25) is 0 Å². The molecule has 0 amide bonds. The Hall–Kier alpha value is -2.39. The lowest BCUT2D eigenvalue weighted by Crippen LogP contribution is -2.48. The minimum absolute atomic E-state index is 0.148. The highest BCUT2D eigenvalue weighted by molar-refractivity contribution is 7.85. The molecule has 1 fully saturated rings. The minimum atomic E-state index is -4.39. The van der Waals surface area contributed by atoms with Crippen LogP contribution in [-0.2, 0) is 16.7 Å². The number of aryl methyl sites for hydroxylation is 1. The van der Waals surface area contributed by atoms with Crippen molar-refractivity contribution in [1.29, 1.82) is 0 Å². The molecule has 3 aromatic rings. The van der Waals surface area contributed by atoms with Crippen LogP contribution in [0.4, 0.5) is 0 Å². The first kappa shape index (κ1) is 20.9. The van der Waals surface area contributed by atoms with E-state index in [0.29, 0.717) is 40.6 Å². The first-order valence-electron chi connectivity index (χ1n) is 9.90. The fraction of sp³-hybridized carbons (Fsp3) is 0.364. The summed E-state index contributed by atoms with van der Waals surface area (Å²) >= 11 is 0. The van der Waals surface area contributed by atoms with Gasteiger partial charge in [0, 0.05) is 43.2 Å². The van der Waals surface area contributed by atoms with Gasteiger partial charge in [0.05, 0.1) is 17.6 Å². The summed E-state index contributed by atoms with van der Waals surface area (Å²) < 4.78 is 45.4. The van der Waals surface area contributed by atoms with Crippen LogP contribution in [0.5, 0.6) is 5.95 Å². The summed E-state index contributed by atoms with van der Waals surface area (Å²) in [5.74, 6) is 0.318. The van der Waals surface area contributed by atoms with E-state index in [1.807, 2.05) is 31.2 Å². The molecule has 8 heteroatoms. The van der Waals surface area contributed by atoms with Gasteiger partial charge in [-0.3, -0.25) is 9.45 Å². The van der Waals surface area contributed by atoms with Crippen LogP contribution in [0.15, 0.2) is 45.7 Å². The van der Waals surface area contributed by atoms with Gasteiger partial charge in [0.25, 0.3) is 16.1 Å². The number of ether oxygens (including phenoxy) is 1. The first-order valence-corrected chi connectivity index (χ1v) is 11.3. The second-order valence-corrected chi connectivity index (χ2v) is 9.28. The number of furan rings is 1. The predicted molar refractivity (Wildman–Crippen MR) is 115 cm³/mol. The molecular weight excluding hydrogens is 404 g/mol. The van der Waals surface area contributed by atoms with E-state index in [1.54, 1.807) is 0 Å². The largest absolute Gasteiger partial charge is 0.468 e. The molecule has 1 saturated heterocycles. The molecule has 1 aromatic heterocycles. The molecule has 0 unspecified atom stereocenters. The van der Waals surface area contributed by atoms with E-state index in [2.05, 4.69) is 17.1 Å². The number of piperazine rings is 1. The van der Waals surface area contributed by atoms with E-state index in [4.69, 9.17) is 9.15 Å². The summed E-state index contributed by atoms with van der Waals surface area (Å²) in [5, 5.41) is 4.00. The van der Waals surface area contributed by atoms with Crippen molar-refractivity contribution in [3.8, 4) is 17.1 Å². The number of rotatable bonds is 5. The first-order chi connectivity index (χ1) is 14.3. The van der Waals surface area contributed by atoms with E-state index in [-0.39, 0.29) is 4.90 Å². The van der Waals surface area contributed by atoms with E-state index in [1.165, 1.54) is 19.2 Å². The van der Waals surface area contributed by atoms with Crippen LogP contribution in [0, 0.1) is 6.92 Å². The van der Waals surface area contributed by atoms with Gasteiger partial charge in [-0.25, -0.2) is 0 Å². The molecule has 4 rings (SSSR count). The van der Waals surface area contributed by atoms with Gasteiger partial charge in [-0.2, -0.15) is 8.42 Å². The molecular formula is C22H26N2O5S. The maximum atomic E-state index is 12.0. The van der Waals surface area contributed by atoms with Crippen LogP contribution in [0.3, 0.4) is 0 Å². The van der Waals surface area contributed by atoms with E-state index in [9.17, 15) is 13.0 Å². The Labute approximate surface area is 176 Å². The summed E-state index contributed by atoms with van der Waals surface area (Å²) in [4.78, 5) is 2.09. The SMILES string of the molecule is COc1oc2c(CN3CCN[C@@H](C)C3)cc(S(=O)(=O)O)cc2c1-c1cccc(C)c1. The van der Waals surface area contributed by atoms with Crippen molar-refractivity contribution in [3.05, 3.63) is 47.5 Å². The third-order valence-corrected chi connectivity index (χ3v) is 6.28. The van der Waals surface area contributed by atoms with Crippen molar-refractivity contribution in [2.45, 2.75) is 31.3 Å². The average Bonchev–Trinajstić information content (AvgIpc) is 3.06. The molecule has 30 heavy (non-hydrogen) atoms. The van der Waals surface area contributed by atoms with Gasteiger partial charge >= 0.3 is 0 Å². The second kappa shape index (κ2) is 8.03. The Balaban J connectivity index is 1.93. The van der Waals surface area contributed by atoms with Gasteiger partial charge in [0.1, 0.15) is 5.58 Å². The standard InChI is InChI=1S/C22H26N2O5S/c1-14-5-4-6-16(9-14)20-19-11-18(30(25,26)27)10-17(21(19)29-22(20)28-3)13-24-8-7-23-15(2)12-24/h4-6,9-11,15,23H,7-8,12-13H2,1-3H3,(H,25,26,27)/t15-/m0/s1. The summed E-state index contributed by atoms with van der Waals surface area (Å²) in [6.45, 7) is 7.14. The summed E-state index contributed by atoms with van der Waals surface area (Å²) in [7, 11) is -2.86. The van der Waals surface area contributed by atoms with Crippen LogP contribution < -0.4 is 10.1 Å². The Morgan fingerprint density at radius 2 is 2.10 bits per heavy atom. The molecule has 160 valence electrons. The molecule has 0 saturated carbocycles. The highest BCUT2D eigenvalue weighted by Crippen LogP contribution is 2.42. The van der Waals surface area contributed by atoms with Crippen molar-refractivity contribution in [3.63, 3.8) is 0 Å². The number of nitrogens with zero attached hydrogens (tertiary/aromatic N) is 1. The maximum absolute atomic E-state index is 12.0. The Morgan fingerprint density at radius 1 is 1.30 bits per heavy atom. The quantitative estimate of drug-likeness (QED) is 0.599. The smallest absolute Gasteiger partial charge is 0.294 e. The Kier molecular flexibility index (Phi) is 5.59. The molecule has 1 atom stereocenters. The van der Waals surface area contributed by atoms with Gasteiger partial charge < -0.3 is 14.5 Å². The fourth-order valence-corrected chi connectivity index (χ4v) is 4.66. The zero-order valence-corrected chi connectivity index (χ0v) is 18.1. The van der Waals surface area contributed by atoms with Crippen molar-refractivity contribution < 1.29 is 22.1 Å². The molecule has 0 radical (unpaired) electrons. The number of fused-ring (bicyclic) bond motifs is 1.